The third kappa shape index (κ3) is 3.47. The van der Waals surface area contributed by atoms with E-state index in [-0.39, 0.29) is 36.3 Å². The standard InChI is InChI=1S/C13H24N2O3S.ClH/c16-19(17,10-13-3-1-2-8-18-13)15-11-4-5-12(15)9-14-7-6-11;/h11-14H,1-10H2;1H. The molecule has 0 amide bonds. The molecule has 3 aliphatic heterocycles. The number of rotatable bonds is 3. The molecule has 2 bridgehead atoms. The smallest absolute Gasteiger partial charge is 0.217 e. The number of hydrogen-bond donors (Lipinski definition) is 1. The van der Waals surface area contributed by atoms with Crippen molar-refractivity contribution < 1.29 is 13.2 Å². The van der Waals surface area contributed by atoms with Crippen molar-refractivity contribution in [3.63, 3.8) is 0 Å². The molecule has 3 heterocycles. The Balaban J connectivity index is 0.00000147. The first-order valence-corrected chi connectivity index (χ1v) is 9.11. The molecule has 0 radical (unpaired) electrons. The number of fused-ring (bicyclic) bond motifs is 2. The van der Waals surface area contributed by atoms with E-state index in [9.17, 15) is 8.42 Å². The van der Waals surface area contributed by atoms with E-state index in [0.29, 0.717) is 6.61 Å². The highest BCUT2D eigenvalue weighted by Crippen LogP contribution is 2.31. The van der Waals surface area contributed by atoms with Gasteiger partial charge in [0.05, 0.1) is 11.9 Å². The summed E-state index contributed by atoms with van der Waals surface area (Å²) in [4.78, 5) is 0. The van der Waals surface area contributed by atoms with Crippen LogP contribution in [0.5, 0.6) is 0 Å². The average molecular weight is 325 g/mol. The summed E-state index contributed by atoms with van der Waals surface area (Å²) in [5.74, 6) is 0.181. The van der Waals surface area contributed by atoms with Crippen LogP contribution >= 0.6 is 12.4 Å². The summed E-state index contributed by atoms with van der Waals surface area (Å²) in [6.07, 6.45) is 5.93. The van der Waals surface area contributed by atoms with E-state index >= 15 is 0 Å². The van der Waals surface area contributed by atoms with Crippen molar-refractivity contribution in [1.29, 1.82) is 0 Å². The molecule has 3 fully saturated rings. The number of nitrogens with zero attached hydrogens (tertiary/aromatic N) is 1. The summed E-state index contributed by atoms with van der Waals surface area (Å²) in [5.41, 5.74) is 0. The lowest BCUT2D eigenvalue weighted by Crippen LogP contribution is -2.46. The predicted octanol–water partition coefficient (Wildman–Crippen LogP) is 1.13. The van der Waals surface area contributed by atoms with Crippen LogP contribution in [0.25, 0.3) is 0 Å². The molecule has 0 aromatic heterocycles. The van der Waals surface area contributed by atoms with Crippen LogP contribution < -0.4 is 5.32 Å². The first-order valence-electron chi connectivity index (χ1n) is 7.50. The minimum atomic E-state index is -3.17. The molecule has 1 N–H and O–H groups in total. The summed E-state index contributed by atoms with van der Waals surface area (Å²) < 4.78 is 32.8. The van der Waals surface area contributed by atoms with Crippen LogP contribution in [0.2, 0.25) is 0 Å². The predicted molar refractivity (Wildman–Crippen MR) is 80.8 cm³/mol. The summed E-state index contributed by atoms with van der Waals surface area (Å²) >= 11 is 0. The van der Waals surface area contributed by atoms with Gasteiger partial charge < -0.3 is 10.1 Å². The highest BCUT2D eigenvalue weighted by Gasteiger charge is 2.43. The maximum absolute atomic E-state index is 12.7. The van der Waals surface area contributed by atoms with Crippen LogP contribution in [0.1, 0.15) is 38.5 Å². The van der Waals surface area contributed by atoms with E-state index < -0.39 is 10.0 Å². The Hall–Kier alpha value is 0.120. The number of ether oxygens (including phenoxy) is 1. The fraction of sp³-hybridized carbons (Fsp3) is 1.00. The maximum atomic E-state index is 12.7. The van der Waals surface area contributed by atoms with Gasteiger partial charge in [0.25, 0.3) is 0 Å². The van der Waals surface area contributed by atoms with Crippen LogP contribution in [0, 0.1) is 0 Å². The molecule has 118 valence electrons. The van der Waals surface area contributed by atoms with Gasteiger partial charge in [-0.2, -0.15) is 4.31 Å². The first-order chi connectivity index (χ1) is 9.17. The van der Waals surface area contributed by atoms with Gasteiger partial charge in [-0.3, -0.25) is 0 Å². The van der Waals surface area contributed by atoms with Crippen LogP contribution in [-0.2, 0) is 14.8 Å². The zero-order valence-electron chi connectivity index (χ0n) is 11.8. The van der Waals surface area contributed by atoms with Crippen LogP contribution in [0.3, 0.4) is 0 Å². The molecule has 5 nitrogen and oxygen atoms in total. The van der Waals surface area contributed by atoms with Crippen LogP contribution in [0.15, 0.2) is 0 Å². The summed E-state index contributed by atoms with van der Waals surface area (Å²) in [6, 6.07) is 0.384. The molecule has 3 aliphatic rings. The lowest BCUT2D eigenvalue weighted by atomic mass is 10.1. The SMILES string of the molecule is Cl.O=S(=O)(CC1CCCCO1)N1C2CCNCC1CC2. The Bertz CT molecular complexity index is 398. The number of halogens is 1. The second-order valence-electron chi connectivity index (χ2n) is 5.97. The topological polar surface area (TPSA) is 58.6 Å². The van der Waals surface area contributed by atoms with Gasteiger partial charge >= 0.3 is 0 Å². The minimum absolute atomic E-state index is 0. The van der Waals surface area contributed by atoms with Crippen molar-refractivity contribution in [2.24, 2.45) is 0 Å². The molecular formula is C13H25ClN2O3S. The van der Waals surface area contributed by atoms with Crippen molar-refractivity contribution in [1.82, 2.24) is 9.62 Å². The molecule has 0 spiro atoms. The summed E-state index contributed by atoms with van der Waals surface area (Å²) in [5, 5.41) is 3.35. The number of nitrogens with one attached hydrogen (secondary N) is 1. The van der Waals surface area contributed by atoms with E-state index in [4.69, 9.17) is 4.74 Å². The van der Waals surface area contributed by atoms with E-state index in [1.165, 1.54) is 0 Å². The molecule has 0 aromatic carbocycles. The zero-order valence-corrected chi connectivity index (χ0v) is 13.4. The molecule has 3 atom stereocenters. The van der Waals surface area contributed by atoms with Gasteiger partial charge in [-0.15, -0.1) is 12.4 Å². The third-order valence-corrected chi connectivity index (χ3v) is 6.61. The second-order valence-corrected chi connectivity index (χ2v) is 7.89. The van der Waals surface area contributed by atoms with Crippen molar-refractivity contribution >= 4 is 22.4 Å². The van der Waals surface area contributed by atoms with Crippen molar-refractivity contribution in [2.75, 3.05) is 25.4 Å². The molecule has 7 heteroatoms. The van der Waals surface area contributed by atoms with E-state index in [1.54, 1.807) is 0 Å². The normalized spacial score (nSPS) is 35.3. The second kappa shape index (κ2) is 6.92. The number of hydrogen-bond acceptors (Lipinski definition) is 4. The lowest BCUT2D eigenvalue weighted by molar-refractivity contribution is 0.0297. The van der Waals surface area contributed by atoms with E-state index in [1.807, 2.05) is 4.31 Å². The van der Waals surface area contributed by atoms with Crippen molar-refractivity contribution in [3.8, 4) is 0 Å². The fourth-order valence-corrected chi connectivity index (χ4v) is 5.86. The molecule has 0 aliphatic carbocycles. The Kier molecular flexibility index (Phi) is 5.71. The van der Waals surface area contributed by atoms with Gasteiger partial charge in [-0.1, -0.05) is 0 Å². The Morgan fingerprint density at radius 1 is 1.10 bits per heavy atom. The maximum Gasteiger partial charge on any atom is 0.217 e. The largest absolute Gasteiger partial charge is 0.377 e. The molecule has 3 rings (SSSR count). The molecule has 3 saturated heterocycles. The summed E-state index contributed by atoms with van der Waals surface area (Å²) in [7, 11) is -3.17. The summed E-state index contributed by atoms with van der Waals surface area (Å²) in [6.45, 7) is 2.46. The highest BCUT2D eigenvalue weighted by atomic mass is 35.5. The number of sulfonamides is 1. The monoisotopic (exact) mass is 324 g/mol. The zero-order chi connectivity index (χ0) is 13.3. The molecule has 20 heavy (non-hydrogen) atoms. The molecule has 0 saturated carbocycles. The highest BCUT2D eigenvalue weighted by molar-refractivity contribution is 7.89. The van der Waals surface area contributed by atoms with E-state index in [2.05, 4.69) is 5.32 Å². The average Bonchev–Trinajstić information content (AvgIpc) is 2.64. The van der Waals surface area contributed by atoms with Crippen LogP contribution in [0.4, 0.5) is 0 Å². The van der Waals surface area contributed by atoms with Gasteiger partial charge in [-0.25, -0.2) is 8.42 Å². The Labute approximate surface area is 127 Å². The third-order valence-electron chi connectivity index (χ3n) is 4.58. The van der Waals surface area contributed by atoms with Crippen molar-refractivity contribution in [2.45, 2.75) is 56.7 Å². The van der Waals surface area contributed by atoms with E-state index in [0.717, 1.165) is 51.6 Å². The van der Waals surface area contributed by atoms with Gasteiger partial charge in [0.15, 0.2) is 0 Å². The van der Waals surface area contributed by atoms with Gasteiger partial charge in [-0.05, 0) is 45.1 Å². The first kappa shape index (κ1) is 16.5. The van der Waals surface area contributed by atoms with Crippen molar-refractivity contribution in [3.05, 3.63) is 0 Å². The molecular weight excluding hydrogens is 300 g/mol. The van der Waals surface area contributed by atoms with Gasteiger partial charge in [0.2, 0.25) is 10.0 Å². The Morgan fingerprint density at radius 3 is 2.65 bits per heavy atom. The molecule has 3 unspecified atom stereocenters. The van der Waals surface area contributed by atoms with Gasteiger partial charge in [0.1, 0.15) is 0 Å². The van der Waals surface area contributed by atoms with Gasteiger partial charge in [0, 0.05) is 25.2 Å². The fourth-order valence-electron chi connectivity index (χ4n) is 3.65. The minimum Gasteiger partial charge on any atom is -0.377 e. The molecule has 0 aromatic rings. The lowest BCUT2D eigenvalue weighted by Gasteiger charge is -2.30. The Morgan fingerprint density at radius 2 is 1.90 bits per heavy atom. The quantitative estimate of drug-likeness (QED) is 0.845. The van der Waals surface area contributed by atoms with Crippen LogP contribution in [-0.4, -0.2) is 56.4 Å².